The maximum absolute atomic E-state index is 10.8. The molecule has 0 aromatic carbocycles. The smallest absolute Gasteiger partial charge is 0.276 e. The van der Waals surface area contributed by atoms with Crippen LogP contribution in [0.25, 0.3) is 0 Å². The molecule has 5 heteroatoms. The fourth-order valence-electron chi connectivity index (χ4n) is 0.527. The molecule has 0 bridgehead atoms. The third kappa shape index (κ3) is 1.19. The molecule has 1 rings (SSSR count). The Morgan fingerprint density at radius 1 is 1.80 bits per heavy atom. The third-order valence-electron chi connectivity index (χ3n) is 0.941. The minimum Gasteiger partial charge on any atom is -0.388 e. The van der Waals surface area contributed by atoms with Crippen LogP contribution < -0.4 is 11.3 Å². The highest BCUT2D eigenvalue weighted by Gasteiger charge is 2.00. The Bertz CT molecular complexity index is 306. The van der Waals surface area contributed by atoms with Gasteiger partial charge in [0.05, 0.1) is 0 Å². The van der Waals surface area contributed by atoms with Crippen LogP contribution in [0.5, 0.6) is 0 Å². The standard InChI is InChI=1S/C5H5N3OS/c6-4(10)3-5(9)8-2-1-7-3/h1-2H,(H2,6,10)(H,8,9). The second-order valence-corrected chi connectivity index (χ2v) is 2.07. The Morgan fingerprint density at radius 2 is 2.50 bits per heavy atom. The first-order valence-corrected chi connectivity index (χ1v) is 2.96. The summed E-state index contributed by atoms with van der Waals surface area (Å²) in [5, 5.41) is 0. The molecule has 10 heavy (non-hydrogen) atoms. The third-order valence-corrected chi connectivity index (χ3v) is 1.13. The zero-order valence-electron chi connectivity index (χ0n) is 5.00. The van der Waals surface area contributed by atoms with Crippen LogP contribution in [-0.2, 0) is 0 Å². The van der Waals surface area contributed by atoms with Crippen molar-refractivity contribution in [3.05, 3.63) is 28.4 Å². The van der Waals surface area contributed by atoms with E-state index in [1.165, 1.54) is 12.4 Å². The molecule has 1 aromatic rings. The van der Waals surface area contributed by atoms with Crippen LogP contribution in [0, 0.1) is 0 Å². The summed E-state index contributed by atoms with van der Waals surface area (Å²) in [5.41, 5.74) is 4.92. The van der Waals surface area contributed by atoms with E-state index in [-0.39, 0.29) is 16.2 Å². The number of aromatic amines is 1. The van der Waals surface area contributed by atoms with Gasteiger partial charge in [0.25, 0.3) is 5.56 Å². The molecule has 3 N–H and O–H groups in total. The lowest BCUT2D eigenvalue weighted by Crippen LogP contribution is -2.23. The highest BCUT2D eigenvalue weighted by Crippen LogP contribution is 1.79. The van der Waals surface area contributed by atoms with Gasteiger partial charge >= 0.3 is 0 Å². The van der Waals surface area contributed by atoms with Crippen molar-refractivity contribution in [2.75, 3.05) is 0 Å². The van der Waals surface area contributed by atoms with Crippen molar-refractivity contribution in [3.8, 4) is 0 Å². The number of thiocarbonyl (C=S) groups is 1. The van der Waals surface area contributed by atoms with E-state index in [1.54, 1.807) is 0 Å². The summed E-state index contributed by atoms with van der Waals surface area (Å²) >= 11 is 4.54. The van der Waals surface area contributed by atoms with Gasteiger partial charge < -0.3 is 10.7 Å². The van der Waals surface area contributed by atoms with E-state index in [4.69, 9.17) is 5.73 Å². The summed E-state index contributed by atoms with van der Waals surface area (Å²) in [7, 11) is 0. The van der Waals surface area contributed by atoms with Crippen molar-refractivity contribution in [1.82, 2.24) is 9.97 Å². The molecule has 0 spiro atoms. The van der Waals surface area contributed by atoms with Gasteiger partial charge in [0.1, 0.15) is 4.99 Å². The van der Waals surface area contributed by atoms with Crippen LogP contribution >= 0.6 is 12.2 Å². The van der Waals surface area contributed by atoms with Crippen LogP contribution in [0.3, 0.4) is 0 Å². The van der Waals surface area contributed by atoms with Gasteiger partial charge in [-0.3, -0.25) is 4.79 Å². The second-order valence-electron chi connectivity index (χ2n) is 1.63. The number of H-pyrrole nitrogens is 1. The lowest BCUT2D eigenvalue weighted by molar-refractivity contribution is 1.12. The predicted octanol–water partition coefficient (Wildman–Crippen LogP) is -0.596. The van der Waals surface area contributed by atoms with Crippen LogP contribution in [0.1, 0.15) is 5.69 Å². The lowest BCUT2D eigenvalue weighted by atomic mass is 10.4. The topological polar surface area (TPSA) is 71.8 Å². The average Bonchev–Trinajstić information content (AvgIpc) is 1.88. The van der Waals surface area contributed by atoms with E-state index in [2.05, 4.69) is 22.2 Å². The summed E-state index contributed by atoms with van der Waals surface area (Å²) < 4.78 is 0. The average molecular weight is 155 g/mol. The van der Waals surface area contributed by atoms with Gasteiger partial charge in [0.15, 0.2) is 5.69 Å². The largest absolute Gasteiger partial charge is 0.388 e. The van der Waals surface area contributed by atoms with Crippen molar-refractivity contribution in [3.63, 3.8) is 0 Å². The first-order chi connectivity index (χ1) is 4.72. The first kappa shape index (κ1) is 6.88. The number of nitrogens with zero attached hydrogens (tertiary/aromatic N) is 1. The predicted molar refractivity (Wildman–Crippen MR) is 40.7 cm³/mol. The molecule has 0 saturated heterocycles. The zero-order valence-corrected chi connectivity index (χ0v) is 5.81. The molecule has 0 atom stereocenters. The highest BCUT2D eigenvalue weighted by atomic mass is 32.1. The summed E-state index contributed by atoms with van der Waals surface area (Å²) in [6.07, 6.45) is 2.85. The Hall–Kier alpha value is -1.23. The van der Waals surface area contributed by atoms with E-state index < -0.39 is 0 Å². The highest BCUT2D eigenvalue weighted by molar-refractivity contribution is 7.80. The van der Waals surface area contributed by atoms with E-state index in [9.17, 15) is 4.79 Å². The number of nitrogens with one attached hydrogen (secondary N) is 1. The summed E-state index contributed by atoms with van der Waals surface area (Å²) in [5.74, 6) is 0. The molecular formula is C5H5N3OS. The minimum absolute atomic E-state index is 0.0156. The first-order valence-electron chi connectivity index (χ1n) is 2.55. The minimum atomic E-state index is -0.352. The molecule has 1 aromatic heterocycles. The van der Waals surface area contributed by atoms with Gasteiger partial charge in [-0.2, -0.15) is 0 Å². The lowest BCUT2D eigenvalue weighted by Gasteiger charge is -1.91. The number of nitrogens with two attached hydrogens (primary N) is 1. The summed E-state index contributed by atoms with van der Waals surface area (Å²) in [6, 6.07) is 0. The Balaban J connectivity index is 3.29. The molecule has 0 saturated carbocycles. The monoisotopic (exact) mass is 155 g/mol. The molecule has 0 aliphatic heterocycles. The SMILES string of the molecule is NC(=S)c1ncc[nH]c1=O. The van der Waals surface area contributed by atoms with E-state index in [0.717, 1.165) is 0 Å². The van der Waals surface area contributed by atoms with E-state index in [1.807, 2.05) is 0 Å². The Kier molecular flexibility index (Phi) is 1.77. The quantitative estimate of drug-likeness (QED) is 0.531. The van der Waals surface area contributed by atoms with Gasteiger partial charge in [0.2, 0.25) is 0 Å². The van der Waals surface area contributed by atoms with Gasteiger partial charge in [-0.1, -0.05) is 12.2 Å². The second kappa shape index (κ2) is 2.57. The molecule has 0 radical (unpaired) electrons. The number of rotatable bonds is 1. The maximum atomic E-state index is 10.8. The van der Waals surface area contributed by atoms with Crippen molar-refractivity contribution >= 4 is 17.2 Å². The van der Waals surface area contributed by atoms with Crippen LogP contribution in [0.2, 0.25) is 0 Å². The molecule has 0 fully saturated rings. The van der Waals surface area contributed by atoms with Crippen LogP contribution in [0.15, 0.2) is 17.2 Å². The molecule has 0 aliphatic rings. The molecule has 4 nitrogen and oxygen atoms in total. The number of aromatic nitrogens is 2. The van der Waals surface area contributed by atoms with Crippen molar-refractivity contribution < 1.29 is 0 Å². The molecule has 1 heterocycles. The number of hydrogen-bond donors (Lipinski definition) is 2. The fraction of sp³-hybridized carbons (Fsp3) is 0. The van der Waals surface area contributed by atoms with Gasteiger partial charge in [-0.05, 0) is 0 Å². The normalized spacial score (nSPS) is 9.20. The molecule has 52 valence electrons. The van der Waals surface area contributed by atoms with E-state index >= 15 is 0 Å². The number of hydrogen-bond acceptors (Lipinski definition) is 3. The maximum Gasteiger partial charge on any atom is 0.276 e. The van der Waals surface area contributed by atoms with Crippen molar-refractivity contribution in [1.29, 1.82) is 0 Å². The van der Waals surface area contributed by atoms with Gasteiger partial charge in [-0.25, -0.2) is 4.98 Å². The fourth-order valence-corrected chi connectivity index (χ4v) is 0.673. The molecular weight excluding hydrogens is 150 g/mol. The van der Waals surface area contributed by atoms with Gasteiger partial charge in [0, 0.05) is 12.4 Å². The van der Waals surface area contributed by atoms with Crippen molar-refractivity contribution in [2.45, 2.75) is 0 Å². The van der Waals surface area contributed by atoms with Crippen molar-refractivity contribution in [2.24, 2.45) is 5.73 Å². The van der Waals surface area contributed by atoms with Gasteiger partial charge in [-0.15, -0.1) is 0 Å². The molecule has 0 aliphatic carbocycles. The molecule has 0 amide bonds. The van der Waals surface area contributed by atoms with Crippen LogP contribution in [-0.4, -0.2) is 15.0 Å². The molecule has 0 unspecified atom stereocenters. The Labute approximate surface area is 62.1 Å². The summed E-state index contributed by atoms with van der Waals surface area (Å²) in [4.78, 5) is 16.9. The Morgan fingerprint density at radius 3 is 2.90 bits per heavy atom. The van der Waals surface area contributed by atoms with E-state index in [0.29, 0.717) is 0 Å². The van der Waals surface area contributed by atoms with Crippen LogP contribution in [0.4, 0.5) is 0 Å². The zero-order chi connectivity index (χ0) is 7.56. The summed E-state index contributed by atoms with van der Waals surface area (Å²) in [6.45, 7) is 0.